The van der Waals surface area contributed by atoms with Gasteiger partial charge >= 0.3 is 0 Å². The normalized spacial score (nSPS) is 12.6. The molecule has 2 aromatic rings. The molecule has 0 fully saturated rings. The Hall–Kier alpha value is -2.33. The molecule has 1 atom stereocenters. The Labute approximate surface area is 172 Å². The molecule has 0 aromatic heterocycles. The Kier molecular flexibility index (Phi) is 6.89. The van der Waals surface area contributed by atoms with Crippen molar-refractivity contribution in [3.63, 3.8) is 0 Å². The molecule has 0 bridgehead atoms. The third-order valence-corrected chi connectivity index (χ3v) is 4.93. The SMILES string of the molecule is Cc1cc(Cl)ccc1NC(=O)[C@@H](NC(=O)c1ccc(C(C)(C)C)cc1)C(C)C. The quantitative estimate of drug-likeness (QED) is 0.711. The average Bonchev–Trinajstić information content (AvgIpc) is 2.60. The second-order valence-corrected chi connectivity index (χ2v) is 8.91. The smallest absolute Gasteiger partial charge is 0.251 e. The van der Waals surface area contributed by atoms with Gasteiger partial charge in [0.2, 0.25) is 5.91 Å². The van der Waals surface area contributed by atoms with Crippen LogP contribution in [0.4, 0.5) is 5.69 Å². The number of hydrogen-bond acceptors (Lipinski definition) is 2. The molecule has 0 spiro atoms. The van der Waals surface area contributed by atoms with Gasteiger partial charge in [-0.2, -0.15) is 0 Å². The van der Waals surface area contributed by atoms with Crippen LogP contribution in [0.25, 0.3) is 0 Å². The Morgan fingerprint density at radius 3 is 2.11 bits per heavy atom. The molecule has 0 unspecified atom stereocenters. The van der Waals surface area contributed by atoms with Crippen molar-refractivity contribution in [2.75, 3.05) is 5.32 Å². The van der Waals surface area contributed by atoms with Gasteiger partial charge in [-0.25, -0.2) is 0 Å². The highest BCUT2D eigenvalue weighted by Crippen LogP contribution is 2.23. The number of hydrogen-bond donors (Lipinski definition) is 2. The third-order valence-electron chi connectivity index (χ3n) is 4.70. The highest BCUT2D eigenvalue weighted by Gasteiger charge is 2.25. The minimum Gasteiger partial charge on any atom is -0.340 e. The number of aryl methyl sites for hydroxylation is 1. The number of rotatable bonds is 5. The van der Waals surface area contributed by atoms with Crippen molar-refractivity contribution in [3.05, 3.63) is 64.2 Å². The van der Waals surface area contributed by atoms with E-state index in [1.54, 1.807) is 30.3 Å². The third kappa shape index (κ3) is 5.59. The van der Waals surface area contributed by atoms with Gasteiger partial charge in [0, 0.05) is 16.3 Å². The lowest BCUT2D eigenvalue weighted by Gasteiger charge is -2.23. The Morgan fingerprint density at radius 2 is 1.61 bits per heavy atom. The lowest BCUT2D eigenvalue weighted by atomic mass is 9.86. The molecule has 0 saturated carbocycles. The first-order chi connectivity index (χ1) is 13.0. The molecule has 4 nitrogen and oxygen atoms in total. The van der Waals surface area contributed by atoms with Gasteiger partial charge in [0.1, 0.15) is 6.04 Å². The second-order valence-electron chi connectivity index (χ2n) is 8.47. The summed E-state index contributed by atoms with van der Waals surface area (Å²) in [5.41, 5.74) is 3.26. The summed E-state index contributed by atoms with van der Waals surface area (Å²) in [6.07, 6.45) is 0. The van der Waals surface area contributed by atoms with Gasteiger partial charge in [0.25, 0.3) is 5.91 Å². The van der Waals surface area contributed by atoms with E-state index >= 15 is 0 Å². The Balaban J connectivity index is 2.13. The fourth-order valence-corrected chi connectivity index (χ4v) is 3.09. The van der Waals surface area contributed by atoms with Crippen LogP contribution in [0.15, 0.2) is 42.5 Å². The maximum Gasteiger partial charge on any atom is 0.251 e. The number of carbonyl (C=O) groups excluding carboxylic acids is 2. The standard InChI is InChI=1S/C23H29ClN2O2/c1-14(2)20(22(28)25-19-12-11-18(24)13-15(19)3)26-21(27)16-7-9-17(10-8-16)23(4,5)6/h7-14,20H,1-6H3,(H,25,28)(H,26,27)/t20-/m0/s1. The molecule has 2 amide bonds. The molecular weight excluding hydrogens is 372 g/mol. The molecule has 2 N–H and O–H groups in total. The van der Waals surface area contributed by atoms with Crippen LogP contribution in [0.2, 0.25) is 5.02 Å². The zero-order valence-electron chi connectivity index (χ0n) is 17.4. The maximum atomic E-state index is 12.8. The fourth-order valence-electron chi connectivity index (χ4n) is 2.86. The lowest BCUT2D eigenvalue weighted by molar-refractivity contribution is -0.118. The van der Waals surface area contributed by atoms with Crippen LogP contribution in [-0.4, -0.2) is 17.9 Å². The van der Waals surface area contributed by atoms with Crippen LogP contribution in [0, 0.1) is 12.8 Å². The molecule has 150 valence electrons. The van der Waals surface area contributed by atoms with Gasteiger partial charge in [0.15, 0.2) is 0 Å². The van der Waals surface area contributed by atoms with Gasteiger partial charge in [0.05, 0.1) is 0 Å². The predicted molar refractivity (Wildman–Crippen MR) is 116 cm³/mol. The van der Waals surface area contributed by atoms with Crippen molar-refractivity contribution in [1.82, 2.24) is 5.32 Å². The van der Waals surface area contributed by atoms with E-state index in [-0.39, 0.29) is 23.1 Å². The summed E-state index contributed by atoms with van der Waals surface area (Å²) < 4.78 is 0. The average molecular weight is 401 g/mol. The molecule has 0 saturated heterocycles. The zero-order chi connectivity index (χ0) is 21.1. The van der Waals surface area contributed by atoms with Crippen molar-refractivity contribution in [1.29, 1.82) is 0 Å². The van der Waals surface area contributed by atoms with Crippen LogP contribution in [0.5, 0.6) is 0 Å². The van der Waals surface area contributed by atoms with Crippen LogP contribution in [-0.2, 0) is 10.2 Å². The molecular formula is C23H29ClN2O2. The van der Waals surface area contributed by atoms with Gasteiger partial charge in [-0.1, -0.05) is 58.4 Å². The summed E-state index contributed by atoms with van der Waals surface area (Å²) in [6.45, 7) is 12.1. The van der Waals surface area contributed by atoms with Crippen LogP contribution in [0.3, 0.4) is 0 Å². The maximum absolute atomic E-state index is 12.8. The molecule has 2 rings (SSSR count). The number of carbonyl (C=O) groups is 2. The zero-order valence-corrected chi connectivity index (χ0v) is 18.1. The van der Waals surface area contributed by atoms with E-state index in [1.165, 1.54) is 0 Å². The van der Waals surface area contributed by atoms with E-state index in [0.29, 0.717) is 16.3 Å². The topological polar surface area (TPSA) is 58.2 Å². The van der Waals surface area contributed by atoms with Crippen molar-refractivity contribution < 1.29 is 9.59 Å². The van der Waals surface area contributed by atoms with E-state index in [4.69, 9.17) is 11.6 Å². The van der Waals surface area contributed by atoms with Crippen LogP contribution >= 0.6 is 11.6 Å². The summed E-state index contributed by atoms with van der Waals surface area (Å²) >= 11 is 5.97. The summed E-state index contributed by atoms with van der Waals surface area (Å²) in [5.74, 6) is -0.576. The Morgan fingerprint density at radius 1 is 1.00 bits per heavy atom. The molecule has 5 heteroatoms. The first-order valence-corrected chi connectivity index (χ1v) is 9.85. The second kappa shape index (κ2) is 8.78. The summed E-state index contributed by atoms with van der Waals surface area (Å²) in [6, 6.07) is 12.1. The summed E-state index contributed by atoms with van der Waals surface area (Å²) in [4.78, 5) is 25.5. The summed E-state index contributed by atoms with van der Waals surface area (Å²) in [5, 5.41) is 6.37. The lowest BCUT2D eigenvalue weighted by Crippen LogP contribution is -2.47. The highest BCUT2D eigenvalue weighted by molar-refractivity contribution is 6.30. The van der Waals surface area contributed by atoms with Crippen LogP contribution < -0.4 is 10.6 Å². The minimum absolute atomic E-state index is 0.0196. The number of nitrogens with one attached hydrogen (secondary N) is 2. The largest absolute Gasteiger partial charge is 0.340 e. The van der Waals surface area contributed by atoms with E-state index in [9.17, 15) is 9.59 Å². The molecule has 0 aliphatic rings. The number of amides is 2. The molecule has 0 radical (unpaired) electrons. The molecule has 2 aromatic carbocycles. The molecule has 0 aliphatic heterocycles. The molecule has 0 aliphatic carbocycles. The van der Waals surface area contributed by atoms with Gasteiger partial charge in [-0.15, -0.1) is 0 Å². The number of halogens is 1. The number of anilines is 1. The summed E-state index contributed by atoms with van der Waals surface area (Å²) in [7, 11) is 0. The minimum atomic E-state index is -0.648. The first-order valence-electron chi connectivity index (χ1n) is 9.47. The Bertz CT molecular complexity index is 852. The van der Waals surface area contributed by atoms with E-state index in [0.717, 1.165) is 11.1 Å². The van der Waals surface area contributed by atoms with Crippen molar-refractivity contribution in [2.24, 2.45) is 5.92 Å². The van der Waals surface area contributed by atoms with Crippen molar-refractivity contribution >= 4 is 29.1 Å². The fraction of sp³-hybridized carbons (Fsp3) is 0.391. The van der Waals surface area contributed by atoms with Crippen LogP contribution in [0.1, 0.15) is 56.1 Å². The predicted octanol–water partition coefficient (Wildman–Crippen LogP) is 5.34. The highest BCUT2D eigenvalue weighted by atomic mass is 35.5. The van der Waals surface area contributed by atoms with Crippen molar-refractivity contribution in [3.8, 4) is 0 Å². The molecule has 28 heavy (non-hydrogen) atoms. The van der Waals surface area contributed by atoms with E-state index in [2.05, 4.69) is 31.4 Å². The molecule has 0 heterocycles. The van der Waals surface area contributed by atoms with Gasteiger partial charge in [-0.3, -0.25) is 9.59 Å². The van der Waals surface area contributed by atoms with E-state index in [1.807, 2.05) is 32.9 Å². The van der Waals surface area contributed by atoms with Gasteiger partial charge < -0.3 is 10.6 Å². The van der Waals surface area contributed by atoms with E-state index < -0.39 is 6.04 Å². The number of benzene rings is 2. The first kappa shape index (κ1) is 22.0. The monoisotopic (exact) mass is 400 g/mol. The van der Waals surface area contributed by atoms with Crippen molar-refractivity contribution in [2.45, 2.75) is 53.0 Å². The van der Waals surface area contributed by atoms with Gasteiger partial charge in [-0.05, 0) is 59.7 Å².